The highest BCUT2D eigenvalue weighted by Crippen LogP contribution is 2.29. The molecule has 1 fully saturated rings. The largest absolute Gasteiger partial charge is 0.388 e. The Morgan fingerprint density at radius 3 is 2.41 bits per heavy atom. The van der Waals surface area contributed by atoms with Gasteiger partial charge in [-0.2, -0.15) is 0 Å². The summed E-state index contributed by atoms with van der Waals surface area (Å²) in [6.45, 7) is 8.00. The summed E-state index contributed by atoms with van der Waals surface area (Å²) in [5.74, 6) is 1.66. The predicted octanol–water partition coefficient (Wildman–Crippen LogP) is 1.71. The van der Waals surface area contributed by atoms with E-state index in [0.29, 0.717) is 19.1 Å². The Morgan fingerprint density at radius 1 is 1.24 bits per heavy atom. The number of likely N-dealkylation sites (N-methyl/N-ethyl adjacent to an activating group) is 1. The van der Waals surface area contributed by atoms with Gasteiger partial charge in [-0.25, -0.2) is 0 Å². The lowest BCUT2D eigenvalue weighted by Gasteiger charge is -2.35. The summed E-state index contributed by atoms with van der Waals surface area (Å²) in [7, 11) is 4.00. The third-order valence-electron chi connectivity index (χ3n) is 4.03. The summed E-state index contributed by atoms with van der Waals surface area (Å²) >= 11 is 0. The molecule has 1 aliphatic carbocycles. The van der Waals surface area contributed by atoms with E-state index in [1.54, 1.807) is 0 Å². The van der Waals surface area contributed by atoms with E-state index in [-0.39, 0.29) is 0 Å². The Kier molecular flexibility index (Phi) is 5.42. The fourth-order valence-corrected chi connectivity index (χ4v) is 2.83. The van der Waals surface area contributed by atoms with E-state index in [1.165, 1.54) is 19.3 Å². The molecular formula is C14H30N2O. The van der Waals surface area contributed by atoms with Gasteiger partial charge >= 0.3 is 0 Å². The zero-order chi connectivity index (χ0) is 13.1. The number of hydrogen-bond donors (Lipinski definition) is 2. The Labute approximate surface area is 107 Å². The van der Waals surface area contributed by atoms with Gasteiger partial charge in [0.25, 0.3) is 0 Å². The Balaban J connectivity index is 2.31. The van der Waals surface area contributed by atoms with Crippen LogP contribution in [0.3, 0.4) is 0 Å². The second kappa shape index (κ2) is 6.17. The third-order valence-corrected chi connectivity index (χ3v) is 4.03. The highest BCUT2D eigenvalue weighted by molar-refractivity contribution is 4.84. The molecule has 3 heteroatoms. The zero-order valence-corrected chi connectivity index (χ0v) is 12.2. The number of nitrogens with zero attached hydrogens (tertiary/aromatic N) is 1. The minimum Gasteiger partial charge on any atom is -0.388 e. The second-order valence-corrected chi connectivity index (χ2v) is 6.58. The van der Waals surface area contributed by atoms with Crippen LogP contribution in [0.5, 0.6) is 0 Å². The molecule has 1 saturated carbocycles. The van der Waals surface area contributed by atoms with E-state index >= 15 is 0 Å². The molecule has 0 amide bonds. The van der Waals surface area contributed by atoms with Crippen molar-refractivity contribution in [3.8, 4) is 0 Å². The van der Waals surface area contributed by atoms with Crippen LogP contribution >= 0.6 is 0 Å². The first-order valence-corrected chi connectivity index (χ1v) is 6.90. The summed E-state index contributed by atoms with van der Waals surface area (Å²) in [6.07, 6.45) is 3.82. The van der Waals surface area contributed by atoms with Crippen molar-refractivity contribution in [2.24, 2.45) is 11.8 Å². The summed E-state index contributed by atoms with van der Waals surface area (Å²) in [5, 5.41) is 13.8. The average molecular weight is 242 g/mol. The molecule has 0 aromatic rings. The number of nitrogens with one attached hydrogen (secondary N) is 1. The molecule has 0 aromatic heterocycles. The lowest BCUT2D eigenvalue weighted by atomic mass is 9.79. The molecular weight excluding hydrogens is 212 g/mol. The predicted molar refractivity (Wildman–Crippen MR) is 73.1 cm³/mol. The lowest BCUT2D eigenvalue weighted by molar-refractivity contribution is 0.0285. The molecule has 0 radical (unpaired) electrons. The fourth-order valence-electron chi connectivity index (χ4n) is 2.83. The van der Waals surface area contributed by atoms with Gasteiger partial charge in [0, 0.05) is 19.1 Å². The number of hydrogen-bond acceptors (Lipinski definition) is 3. The van der Waals surface area contributed by atoms with Gasteiger partial charge in [0.15, 0.2) is 0 Å². The van der Waals surface area contributed by atoms with Crippen LogP contribution in [0.2, 0.25) is 0 Å². The molecule has 2 N–H and O–H groups in total. The SMILES string of the molecule is C[C@@H]1CC[C@H](NC[C@](C)(O)CN(C)C)C[C@@H]1C. The monoisotopic (exact) mass is 242 g/mol. The van der Waals surface area contributed by atoms with Crippen LogP contribution in [-0.2, 0) is 0 Å². The van der Waals surface area contributed by atoms with Crippen molar-refractivity contribution in [3.63, 3.8) is 0 Å². The van der Waals surface area contributed by atoms with Crippen molar-refractivity contribution < 1.29 is 5.11 Å². The molecule has 0 bridgehead atoms. The van der Waals surface area contributed by atoms with E-state index in [4.69, 9.17) is 0 Å². The first kappa shape index (κ1) is 14.9. The van der Waals surface area contributed by atoms with E-state index in [9.17, 15) is 5.11 Å². The molecule has 0 heterocycles. The number of aliphatic hydroxyl groups is 1. The molecule has 1 aliphatic rings. The van der Waals surface area contributed by atoms with Gasteiger partial charge in [0.1, 0.15) is 0 Å². The van der Waals surface area contributed by atoms with E-state index in [2.05, 4.69) is 19.2 Å². The minimum atomic E-state index is -0.629. The topological polar surface area (TPSA) is 35.5 Å². The van der Waals surface area contributed by atoms with Crippen LogP contribution in [0, 0.1) is 11.8 Å². The molecule has 3 nitrogen and oxygen atoms in total. The minimum absolute atomic E-state index is 0.592. The van der Waals surface area contributed by atoms with E-state index < -0.39 is 5.60 Å². The van der Waals surface area contributed by atoms with Crippen LogP contribution < -0.4 is 5.32 Å². The van der Waals surface area contributed by atoms with Crippen molar-refractivity contribution >= 4 is 0 Å². The molecule has 0 unspecified atom stereocenters. The first-order chi connectivity index (χ1) is 7.80. The quantitative estimate of drug-likeness (QED) is 0.770. The third kappa shape index (κ3) is 5.36. The van der Waals surface area contributed by atoms with Crippen molar-refractivity contribution in [2.75, 3.05) is 27.2 Å². The van der Waals surface area contributed by atoms with Crippen molar-refractivity contribution in [2.45, 2.75) is 51.7 Å². The molecule has 0 spiro atoms. The van der Waals surface area contributed by atoms with Gasteiger partial charge in [0.05, 0.1) is 5.60 Å². The van der Waals surface area contributed by atoms with Gasteiger partial charge in [-0.3, -0.25) is 0 Å². The van der Waals surface area contributed by atoms with Crippen LogP contribution in [0.4, 0.5) is 0 Å². The Morgan fingerprint density at radius 2 is 1.88 bits per heavy atom. The maximum atomic E-state index is 10.2. The van der Waals surface area contributed by atoms with Crippen LogP contribution in [0.15, 0.2) is 0 Å². The molecule has 102 valence electrons. The van der Waals surface area contributed by atoms with Gasteiger partial charge in [0.2, 0.25) is 0 Å². The van der Waals surface area contributed by atoms with Crippen molar-refractivity contribution in [1.29, 1.82) is 0 Å². The standard InChI is InChI=1S/C14H30N2O/c1-11-6-7-13(8-12(11)2)15-9-14(3,17)10-16(4)5/h11-13,15,17H,6-10H2,1-5H3/t11-,12+,13+,14+/m1/s1. The Bertz CT molecular complexity index is 228. The van der Waals surface area contributed by atoms with Crippen LogP contribution in [-0.4, -0.2) is 48.8 Å². The molecule has 0 saturated heterocycles. The summed E-state index contributed by atoms with van der Waals surface area (Å²) in [5.41, 5.74) is -0.629. The normalized spacial score (nSPS) is 33.7. The summed E-state index contributed by atoms with van der Waals surface area (Å²) in [4.78, 5) is 2.03. The van der Waals surface area contributed by atoms with E-state index in [1.807, 2.05) is 25.9 Å². The van der Waals surface area contributed by atoms with Gasteiger partial charge in [-0.15, -0.1) is 0 Å². The molecule has 17 heavy (non-hydrogen) atoms. The van der Waals surface area contributed by atoms with Gasteiger partial charge in [-0.1, -0.05) is 13.8 Å². The maximum absolute atomic E-state index is 10.2. The highest BCUT2D eigenvalue weighted by Gasteiger charge is 2.27. The smallest absolute Gasteiger partial charge is 0.0869 e. The molecule has 4 atom stereocenters. The fraction of sp³-hybridized carbons (Fsp3) is 1.00. The lowest BCUT2D eigenvalue weighted by Crippen LogP contribution is -2.49. The Hall–Kier alpha value is -0.120. The highest BCUT2D eigenvalue weighted by atomic mass is 16.3. The van der Waals surface area contributed by atoms with Crippen LogP contribution in [0.1, 0.15) is 40.0 Å². The number of rotatable bonds is 5. The van der Waals surface area contributed by atoms with E-state index in [0.717, 1.165) is 11.8 Å². The van der Waals surface area contributed by atoms with Crippen molar-refractivity contribution in [1.82, 2.24) is 10.2 Å². The molecule has 0 aliphatic heterocycles. The second-order valence-electron chi connectivity index (χ2n) is 6.58. The zero-order valence-electron chi connectivity index (χ0n) is 12.2. The first-order valence-electron chi connectivity index (χ1n) is 6.90. The summed E-state index contributed by atoms with van der Waals surface area (Å²) < 4.78 is 0. The van der Waals surface area contributed by atoms with Gasteiger partial charge in [-0.05, 0) is 52.1 Å². The average Bonchev–Trinajstić information content (AvgIpc) is 2.18. The maximum Gasteiger partial charge on any atom is 0.0869 e. The summed E-state index contributed by atoms with van der Waals surface area (Å²) in [6, 6.07) is 0.592. The van der Waals surface area contributed by atoms with Crippen LogP contribution in [0.25, 0.3) is 0 Å². The molecule has 1 rings (SSSR count). The van der Waals surface area contributed by atoms with Crippen molar-refractivity contribution in [3.05, 3.63) is 0 Å². The van der Waals surface area contributed by atoms with Gasteiger partial charge < -0.3 is 15.3 Å². The molecule has 0 aromatic carbocycles.